The summed E-state index contributed by atoms with van der Waals surface area (Å²) < 4.78 is 7.92. The van der Waals surface area contributed by atoms with Crippen molar-refractivity contribution in [2.45, 2.75) is 27.7 Å². The first kappa shape index (κ1) is 36.9. The summed E-state index contributed by atoms with van der Waals surface area (Å²) in [5.41, 5.74) is 12.1. The summed E-state index contributed by atoms with van der Waals surface area (Å²) in [5, 5.41) is 10.7. The van der Waals surface area contributed by atoms with Crippen molar-refractivity contribution in [1.82, 2.24) is 0 Å². The lowest BCUT2D eigenvalue weighted by Crippen LogP contribution is -1.96. The van der Waals surface area contributed by atoms with E-state index in [0.29, 0.717) is 0 Å². The molecule has 2 aromatic heterocycles. The molecule has 0 bridgehead atoms. The highest BCUT2D eigenvalue weighted by Gasteiger charge is 2.17. The third kappa shape index (κ3) is 6.27. The van der Waals surface area contributed by atoms with Crippen LogP contribution in [0.5, 0.6) is 0 Å². The largest absolute Gasteiger partial charge is 0.455 e. The number of hydrogen-bond donors (Lipinski definition) is 0. The molecule has 0 spiro atoms. The Morgan fingerprint density at radius 1 is 0.552 bits per heavy atom. The zero-order valence-electron chi connectivity index (χ0n) is 33.4. The third-order valence-electron chi connectivity index (χ3n) is 11.4. The maximum absolute atomic E-state index is 6.61. The summed E-state index contributed by atoms with van der Waals surface area (Å²) in [6.07, 6.45) is 16.8. The van der Waals surface area contributed by atoms with Crippen LogP contribution in [0.25, 0.3) is 92.7 Å². The first-order valence-electron chi connectivity index (χ1n) is 19.9. The van der Waals surface area contributed by atoms with Gasteiger partial charge >= 0.3 is 0 Å². The van der Waals surface area contributed by atoms with Gasteiger partial charge in [-0.25, -0.2) is 0 Å². The number of rotatable bonds is 9. The highest BCUT2D eigenvalue weighted by atomic mass is 32.1. The van der Waals surface area contributed by atoms with Gasteiger partial charge in [-0.15, -0.1) is 11.3 Å². The summed E-state index contributed by atoms with van der Waals surface area (Å²) >= 11 is 1.85. The molecular formula is C56H44OS. The van der Waals surface area contributed by atoms with Crippen LogP contribution in [0.2, 0.25) is 0 Å². The number of fused-ring (bicyclic) bond motifs is 8. The van der Waals surface area contributed by atoms with Gasteiger partial charge in [0, 0.05) is 25.7 Å². The minimum atomic E-state index is 0.903. The molecule has 0 N–H and O–H groups in total. The molecule has 280 valence electrons. The molecule has 58 heavy (non-hydrogen) atoms. The van der Waals surface area contributed by atoms with Gasteiger partial charge in [-0.1, -0.05) is 135 Å². The van der Waals surface area contributed by atoms with E-state index in [1.165, 1.54) is 58.6 Å². The van der Waals surface area contributed by atoms with Gasteiger partial charge in [0.25, 0.3) is 0 Å². The second-order valence-corrected chi connectivity index (χ2v) is 15.9. The molecule has 2 heterocycles. The van der Waals surface area contributed by atoms with Crippen LogP contribution in [0.15, 0.2) is 193 Å². The molecule has 0 atom stereocenters. The second kappa shape index (κ2) is 15.3. The summed E-state index contributed by atoms with van der Waals surface area (Å²) in [7, 11) is 0. The molecular weight excluding hydrogens is 721 g/mol. The number of allylic oxidation sites excluding steroid dienone is 11. The highest BCUT2D eigenvalue weighted by Crippen LogP contribution is 2.41. The van der Waals surface area contributed by atoms with Crippen LogP contribution in [0.4, 0.5) is 0 Å². The Hall–Kier alpha value is -6.74. The molecule has 0 fully saturated rings. The number of aryl methyl sites for hydroxylation is 1. The van der Waals surface area contributed by atoms with E-state index in [9.17, 15) is 0 Å². The minimum Gasteiger partial charge on any atom is -0.455 e. The average molecular weight is 765 g/mol. The van der Waals surface area contributed by atoms with E-state index in [1.54, 1.807) is 0 Å². The number of benzene rings is 7. The average Bonchev–Trinajstić information content (AvgIpc) is 3.79. The number of furan rings is 1. The molecule has 0 amide bonds. The van der Waals surface area contributed by atoms with Crippen molar-refractivity contribution in [3.05, 3.63) is 210 Å². The maximum Gasteiger partial charge on any atom is 0.143 e. The standard InChI is InChI=1S/C56H44OS/c1-7-15-45(43(10-4)44(11-5)47(16-8-2)48-21-14-19-36-18-12-13-20-46(36)48)41-25-24-37-30-38(22-23-39(37)31-41)40-27-29-53-52(32-40)49-28-26-42-33-55-50(34-51(42)56(49)57-53)35(6)54(58-55)17-9-3/h7-34H,4-5H2,1-3,6H3/b15-7+,16-8+,17-9-,45-43+,47-44+. The second-order valence-electron chi connectivity index (χ2n) is 14.8. The predicted octanol–water partition coefficient (Wildman–Crippen LogP) is 17.0. The van der Waals surface area contributed by atoms with Crippen molar-refractivity contribution < 1.29 is 4.42 Å². The van der Waals surface area contributed by atoms with E-state index in [1.807, 2.05) is 23.5 Å². The molecule has 0 aliphatic carbocycles. The predicted molar refractivity (Wildman–Crippen MR) is 257 cm³/mol. The monoisotopic (exact) mass is 764 g/mol. The molecule has 0 unspecified atom stereocenters. The number of hydrogen-bond acceptors (Lipinski definition) is 2. The first-order valence-corrected chi connectivity index (χ1v) is 20.7. The van der Waals surface area contributed by atoms with Gasteiger partial charge in [0.1, 0.15) is 11.2 Å². The van der Waals surface area contributed by atoms with Crippen molar-refractivity contribution in [3.8, 4) is 11.1 Å². The summed E-state index contributed by atoms with van der Waals surface area (Å²) in [4.78, 5) is 1.31. The molecule has 0 aliphatic rings. The Morgan fingerprint density at radius 2 is 1.26 bits per heavy atom. The fraction of sp³-hybridized carbons (Fsp3) is 0.0714. The Labute approximate surface area is 344 Å². The highest BCUT2D eigenvalue weighted by molar-refractivity contribution is 7.20. The van der Waals surface area contributed by atoms with E-state index < -0.39 is 0 Å². The van der Waals surface area contributed by atoms with Crippen LogP contribution in [0.1, 0.15) is 42.3 Å². The Kier molecular flexibility index (Phi) is 9.73. The molecule has 0 aliphatic heterocycles. The molecule has 1 nitrogen and oxygen atoms in total. The normalized spacial score (nSPS) is 13.3. The maximum atomic E-state index is 6.61. The van der Waals surface area contributed by atoms with E-state index >= 15 is 0 Å². The zero-order chi connectivity index (χ0) is 39.9. The van der Waals surface area contributed by atoms with Gasteiger partial charge in [-0.05, 0) is 159 Å². The van der Waals surface area contributed by atoms with Gasteiger partial charge < -0.3 is 4.42 Å². The fourth-order valence-electron chi connectivity index (χ4n) is 8.56. The minimum absolute atomic E-state index is 0.903. The van der Waals surface area contributed by atoms with Gasteiger partial charge in [-0.3, -0.25) is 0 Å². The van der Waals surface area contributed by atoms with Crippen LogP contribution < -0.4 is 0 Å². The van der Waals surface area contributed by atoms with Gasteiger partial charge in [0.2, 0.25) is 0 Å². The Morgan fingerprint density at radius 3 is 2.07 bits per heavy atom. The molecule has 7 aromatic carbocycles. The molecule has 0 saturated heterocycles. The van der Waals surface area contributed by atoms with Crippen molar-refractivity contribution in [3.63, 3.8) is 0 Å². The van der Waals surface area contributed by atoms with Crippen LogP contribution in [-0.4, -0.2) is 0 Å². The fourth-order valence-corrected chi connectivity index (χ4v) is 9.78. The number of thiophene rings is 1. The van der Waals surface area contributed by atoms with E-state index in [4.69, 9.17) is 4.42 Å². The molecule has 9 aromatic rings. The molecule has 2 heteroatoms. The lowest BCUT2D eigenvalue weighted by Gasteiger charge is -2.17. The van der Waals surface area contributed by atoms with Gasteiger partial charge in [0.15, 0.2) is 0 Å². The quantitative estimate of drug-likeness (QED) is 0.133. The van der Waals surface area contributed by atoms with Crippen LogP contribution >= 0.6 is 11.3 Å². The molecule has 0 radical (unpaired) electrons. The van der Waals surface area contributed by atoms with Crippen molar-refractivity contribution in [1.29, 1.82) is 0 Å². The van der Waals surface area contributed by atoms with Gasteiger partial charge in [0.05, 0.1) is 0 Å². The van der Waals surface area contributed by atoms with E-state index in [2.05, 4.69) is 199 Å². The smallest absolute Gasteiger partial charge is 0.143 e. The van der Waals surface area contributed by atoms with Crippen molar-refractivity contribution >= 4 is 92.9 Å². The molecule has 9 rings (SSSR count). The Bertz CT molecular complexity index is 3290. The Balaban J connectivity index is 1.12. The summed E-state index contributed by atoms with van der Waals surface area (Å²) in [6, 6.07) is 44.2. The topological polar surface area (TPSA) is 13.1 Å². The van der Waals surface area contributed by atoms with Crippen LogP contribution in [0.3, 0.4) is 0 Å². The molecule has 0 saturated carbocycles. The lowest BCUT2D eigenvalue weighted by molar-refractivity contribution is 0.673. The SMILES string of the molecule is C=CC(/C(C=C)=C(\C=C\C)c1cccc2ccccc12)=C(/C=C/C)c1ccc2cc(-c3ccc4oc5c6cc7c(C)c(/C=C\C)sc7cc6ccc5c4c3)ccc2c1. The third-order valence-corrected chi connectivity index (χ3v) is 12.6. The van der Waals surface area contributed by atoms with Gasteiger partial charge in [-0.2, -0.15) is 0 Å². The zero-order valence-corrected chi connectivity index (χ0v) is 34.2. The van der Waals surface area contributed by atoms with Crippen LogP contribution in [-0.2, 0) is 0 Å². The van der Waals surface area contributed by atoms with E-state index in [-0.39, 0.29) is 0 Å². The van der Waals surface area contributed by atoms with Crippen molar-refractivity contribution in [2.24, 2.45) is 0 Å². The summed E-state index contributed by atoms with van der Waals surface area (Å²) in [6.45, 7) is 17.1. The lowest BCUT2D eigenvalue weighted by atomic mass is 9.86. The van der Waals surface area contributed by atoms with Crippen LogP contribution in [0, 0.1) is 6.92 Å². The first-order chi connectivity index (χ1) is 28.4. The van der Waals surface area contributed by atoms with Crippen molar-refractivity contribution in [2.75, 3.05) is 0 Å². The van der Waals surface area contributed by atoms with E-state index in [0.717, 1.165) is 60.7 Å². The summed E-state index contributed by atoms with van der Waals surface area (Å²) in [5.74, 6) is 0.